The number of para-hydroxylation sites is 1. The lowest BCUT2D eigenvalue weighted by Crippen LogP contribution is -2.24. The van der Waals surface area contributed by atoms with Crippen LogP contribution in [0.4, 0.5) is 0 Å². The average molecular weight is 314 g/mol. The van der Waals surface area contributed by atoms with Crippen LogP contribution in [0.3, 0.4) is 0 Å². The van der Waals surface area contributed by atoms with E-state index >= 15 is 0 Å². The molecule has 1 aromatic carbocycles. The zero-order valence-corrected chi connectivity index (χ0v) is 13.6. The Morgan fingerprint density at radius 2 is 2.04 bits per heavy atom. The van der Waals surface area contributed by atoms with Crippen LogP contribution in [-0.2, 0) is 6.54 Å². The van der Waals surface area contributed by atoms with Crippen molar-refractivity contribution in [1.29, 1.82) is 0 Å². The van der Waals surface area contributed by atoms with Gasteiger partial charge in [0.15, 0.2) is 0 Å². The van der Waals surface area contributed by atoms with Crippen LogP contribution in [0.1, 0.15) is 53.1 Å². The molecule has 122 valence electrons. The molecule has 5 heteroatoms. The summed E-state index contributed by atoms with van der Waals surface area (Å²) in [6, 6.07) is 7.87. The smallest absolute Gasteiger partial charge is 0.257 e. The zero-order chi connectivity index (χ0) is 16.2. The van der Waals surface area contributed by atoms with Gasteiger partial charge in [-0.25, -0.2) is 0 Å². The Morgan fingerprint density at radius 3 is 2.74 bits per heavy atom. The summed E-state index contributed by atoms with van der Waals surface area (Å²) in [5.74, 6) is 1.23. The number of aromatic nitrogens is 1. The van der Waals surface area contributed by atoms with Crippen LogP contribution >= 0.6 is 0 Å². The van der Waals surface area contributed by atoms with Gasteiger partial charge in [-0.1, -0.05) is 23.4 Å². The van der Waals surface area contributed by atoms with Crippen LogP contribution in [0.15, 0.2) is 28.8 Å². The summed E-state index contributed by atoms with van der Waals surface area (Å²) in [6.45, 7) is 3.93. The van der Waals surface area contributed by atoms with E-state index in [2.05, 4.69) is 10.5 Å². The highest BCUT2D eigenvalue weighted by Crippen LogP contribution is 2.26. The first-order chi connectivity index (χ1) is 11.1. The van der Waals surface area contributed by atoms with Crippen molar-refractivity contribution in [3.63, 3.8) is 0 Å². The van der Waals surface area contributed by atoms with Gasteiger partial charge in [-0.2, -0.15) is 0 Å². The lowest BCUT2D eigenvalue weighted by atomic mass is 10.1. The number of amides is 1. The molecule has 0 aliphatic heterocycles. The number of carbonyl (C=O) groups excluding carboxylic acids is 1. The van der Waals surface area contributed by atoms with Crippen molar-refractivity contribution < 1.29 is 14.1 Å². The van der Waals surface area contributed by atoms with Gasteiger partial charge in [-0.05, 0) is 45.6 Å². The molecule has 0 atom stereocenters. The van der Waals surface area contributed by atoms with Crippen molar-refractivity contribution in [1.82, 2.24) is 10.5 Å². The second-order valence-electron chi connectivity index (χ2n) is 6.01. The van der Waals surface area contributed by atoms with Crippen LogP contribution in [0.2, 0.25) is 0 Å². The van der Waals surface area contributed by atoms with E-state index in [1.54, 1.807) is 13.8 Å². The molecular formula is C18H22N2O3. The molecule has 0 unspecified atom stereocenters. The predicted octanol–water partition coefficient (Wildman–Crippen LogP) is 3.54. The Hall–Kier alpha value is -2.30. The average Bonchev–Trinajstić information content (AvgIpc) is 3.16. The summed E-state index contributed by atoms with van der Waals surface area (Å²) in [5.41, 5.74) is 2.11. The molecule has 1 saturated carbocycles. The Kier molecular flexibility index (Phi) is 4.65. The predicted molar refractivity (Wildman–Crippen MR) is 86.5 cm³/mol. The number of hydrogen-bond donors (Lipinski definition) is 1. The number of aryl methyl sites for hydroxylation is 2. The number of carbonyl (C=O) groups is 1. The molecule has 0 bridgehead atoms. The van der Waals surface area contributed by atoms with E-state index in [1.807, 2.05) is 24.3 Å². The third-order valence-corrected chi connectivity index (χ3v) is 4.27. The van der Waals surface area contributed by atoms with Gasteiger partial charge in [0, 0.05) is 12.1 Å². The number of ether oxygens (including phenoxy) is 1. The molecule has 0 radical (unpaired) electrons. The maximum Gasteiger partial charge on any atom is 0.257 e. The van der Waals surface area contributed by atoms with Gasteiger partial charge in [-0.15, -0.1) is 0 Å². The maximum absolute atomic E-state index is 12.3. The van der Waals surface area contributed by atoms with E-state index in [0.717, 1.165) is 24.2 Å². The van der Waals surface area contributed by atoms with Crippen molar-refractivity contribution in [3.05, 3.63) is 46.8 Å². The third kappa shape index (κ3) is 3.55. The van der Waals surface area contributed by atoms with E-state index in [1.165, 1.54) is 12.8 Å². The Balaban J connectivity index is 1.67. The third-order valence-electron chi connectivity index (χ3n) is 4.27. The topological polar surface area (TPSA) is 64.4 Å². The van der Waals surface area contributed by atoms with Gasteiger partial charge < -0.3 is 14.6 Å². The summed E-state index contributed by atoms with van der Waals surface area (Å²) in [5, 5.41) is 6.75. The fourth-order valence-electron chi connectivity index (χ4n) is 3.02. The first-order valence-electron chi connectivity index (χ1n) is 8.11. The molecule has 1 amide bonds. The summed E-state index contributed by atoms with van der Waals surface area (Å²) in [4.78, 5) is 12.3. The van der Waals surface area contributed by atoms with Crippen LogP contribution < -0.4 is 10.1 Å². The minimum Gasteiger partial charge on any atom is -0.490 e. The maximum atomic E-state index is 12.3. The molecule has 1 aromatic heterocycles. The molecule has 1 aliphatic carbocycles. The molecule has 3 rings (SSSR count). The molecule has 1 fully saturated rings. The van der Waals surface area contributed by atoms with E-state index in [9.17, 15) is 4.79 Å². The van der Waals surface area contributed by atoms with Crippen LogP contribution in [0.25, 0.3) is 0 Å². The van der Waals surface area contributed by atoms with E-state index < -0.39 is 0 Å². The first kappa shape index (κ1) is 15.6. The zero-order valence-electron chi connectivity index (χ0n) is 13.6. The molecule has 1 aliphatic rings. The quantitative estimate of drug-likeness (QED) is 0.916. The van der Waals surface area contributed by atoms with Gasteiger partial charge in [0.2, 0.25) is 0 Å². The number of rotatable bonds is 5. The Labute approximate surface area is 136 Å². The minimum absolute atomic E-state index is 0.170. The van der Waals surface area contributed by atoms with Gasteiger partial charge in [0.1, 0.15) is 17.1 Å². The molecule has 23 heavy (non-hydrogen) atoms. The highest BCUT2D eigenvalue weighted by molar-refractivity contribution is 5.96. The van der Waals surface area contributed by atoms with Crippen LogP contribution in [0, 0.1) is 13.8 Å². The van der Waals surface area contributed by atoms with Crippen molar-refractivity contribution >= 4 is 5.91 Å². The fourth-order valence-corrected chi connectivity index (χ4v) is 3.02. The lowest BCUT2D eigenvalue weighted by molar-refractivity contribution is 0.0948. The number of benzene rings is 1. The minimum atomic E-state index is -0.170. The number of hydrogen-bond acceptors (Lipinski definition) is 4. The van der Waals surface area contributed by atoms with Crippen molar-refractivity contribution in [2.45, 2.75) is 52.2 Å². The van der Waals surface area contributed by atoms with E-state index in [4.69, 9.17) is 9.26 Å². The monoisotopic (exact) mass is 314 g/mol. The summed E-state index contributed by atoms with van der Waals surface area (Å²) in [6.07, 6.45) is 4.99. The molecule has 1 N–H and O–H groups in total. The summed E-state index contributed by atoms with van der Waals surface area (Å²) in [7, 11) is 0. The van der Waals surface area contributed by atoms with E-state index in [0.29, 0.717) is 29.7 Å². The summed E-state index contributed by atoms with van der Waals surface area (Å²) >= 11 is 0. The summed E-state index contributed by atoms with van der Waals surface area (Å²) < 4.78 is 11.1. The molecular weight excluding hydrogens is 292 g/mol. The first-order valence-corrected chi connectivity index (χ1v) is 8.11. The van der Waals surface area contributed by atoms with Crippen molar-refractivity contribution in [2.24, 2.45) is 0 Å². The fraction of sp³-hybridized carbons (Fsp3) is 0.444. The molecule has 2 aromatic rings. The highest BCUT2D eigenvalue weighted by Gasteiger charge is 2.19. The van der Waals surface area contributed by atoms with Gasteiger partial charge in [-0.3, -0.25) is 4.79 Å². The van der Waals surface area contributed by atoms with Gasteiger partial charge in [0.25, 0.3) is 5.91 Å². The SMILES string of the molecule is Cc1noc(C)c1C(=O)NCc1ccccc1OC1CCCC1. The number of nitrogens with one attached hydrogen (secondary N) is 1. The normalized spacial score (nSPS) is 14.9. The van der Waals surface area contributed by atoms with Gasteiger partial charge in [0.05, 0.1) is 11.8 Å². The number of nitrogens with zero attached hydrogens (tertiary/aromatic N) is 1. The Morgan fingerprint density at radius 1 is 1.30 bits per heavy atom. The molecule has 0 spiro atoms. The van der Waals surface area contributed by atoms with Gasteiger partial charge >= 0.3 is 0 Å². The van der Waals surface area contributed by atoms with Crippen LogP contribution in [0.5, 0.6) is 5.75 Å². The second kappa shape index (κ2) is 6.86. The standard InChI is InChI=1S/C18H22N2O3/c1-12-17(13(2)23-20-12)18(21)19-11-14-7-3-6-10-16(14)22-15-8-4-5-9-15/h3,6-7,10,15H,4-5,8-9,11H2,1-2H3,(H,19,21). The Bertz CT molecular complexity index is 668. The second-order valence-corrected chi connectivity index (χ2v) is 6.01. The highest BCUT2D eigenvalue weighted by atomic mass is 16.5. The van der Waals surface area contributed by atoms with Crippen LogP contribution in [-0.4, -0.2) is 17.2 Å². The molecule has 0 saturated heterocycles. The molecule has 5 nitrogen and oxygen atoms in total. The van der Waals surface area contributed by atoms with E-state index in [-0.39, 0.29) is 5.91 Å². The van der Waals surface area contributed by atoms with Crippen molar-refractivity contribution in [2.75, 3.05) is 0 Å². The molecule has 1 heterocycles. The van der Waals surface area contributed by atoms with Crippen molar-refractivity contribution in [3.8, 4) is 5.75 Å². The lowest BCUT2D eigenvalue weighted by Gasteiger charge is -2.16. The largest absolute Gasteiger partial charge is 0.490 e.